The van der Waals surface area contributed by atoms with Crippen LogP contribution in [-0.4, -0.2) is 54.2 Å². The van der Waals surface area contributed by atoms with Crippen LogP contribution in [0.4, 0.5) is 11.4 Å². The largest absolute Gasteiger partial charge is 0.385 e. The summed E-state index contributed by atoms with van der Waals surface area (Å²) in [6.07, 6.45) is 8.77. The Hall–Kier alpha value is -3.42. The van der Waals surface area contributed by atoms with Crippen LogP contribution in [0.15, 0.2) is 30.3 Å². The molecule has 0 spiro atoms. The SMILES string of the molecule is O=C1CCC(N2C(=O)c3cccc4c(NCCCCCCC(=O)N5CCCCC5)ccc2c34)C(=O)N1. The lowest BCUT2D eigenvalue weighted by Crippen LogP contribution is -2.53. The van der Waals surface area contributed by atoms with Gasteiger partial charge in [0.15, 0.2) is 0 Å². The molecule has 4 amide bonds. The van der Waals surface area contributed by atoms with Crippen molar-refractivity contribution in [1.82, 2.24) is 10.2 Å². The van der Waals surface area contributed by atoms with E-state index in [4.69, 9.17) is 0 Å². The Balaban J connectivity index is 1.16. The number of carbonyl (C=O) groups is 4. The quantitative estimate of drug-likeness (QED) is 0.409. The average molecular weight is 491 g/mol. The van der Waals surface area contributed by atoms with Gasteiger partial charge in [-0.2, -0.15) is 0 Å². The van der Waals surface area contributed by atoms with Crippen LogP contribution < -0.4 is 15.5 Å². The Labute approximate surface area is 211 Å². The zero-order valence-electron chi connectivity index (χ0n) is 20.7. The number of carbonyl (C=O) groups excluding carboxylic acids is 4. The van der Waals surface area contributed by atoms with E-state index in [1.807, 2.05) is 29.2 Å². The van der Waals surface area contributed by atoms with Crippen molar-refractivity contribution in [3.8, 4) is 0 Å². The number of imide groups is 1. The zero-order chi connectivity index (χ0) is 25.1. The summed E-state index contributed by atoms with van der Waals surface area (Å²) < 4.78 is 0. The lowest BCUT2D eigenvalue weighted by Gasteiger charge is -2.30. The van der Waals surface area contributed by atoms with Gasteiger partial charge in [-0.15, -0.1) is 0 Å². The standard InChI is InChI=1S/C28H34N4O4/c33-24-15-14-23(27(35)30-24)32-22-13-12-21(19-9-8-10-20(26(19)22)28(32)36)29-16-5-2-1-4-11-25(34)31-17-6-3-7-18-31/h8-10,12-13,23,29H,1-7,11,14-18H2,(H,30,33,35). The number of nitrogens with zero attached hydrogens (tertiary/aromatic N) is 2. The third-order valence-corrected chi connectivity index (χ3v) is 7.59. The van der Waals surface area contributed by atoms with Crippen molar-refractivity contribution < 1.29 is 19.2 Å². The predicted octanol–water partition coefficient (Wildman–Crippen LogP) is 3.98. The zero-order valence-corrected chi connectivity index (χ0v) is 20.7. The van der Waals surface area contributed by atoms with Crippen molar-refractivity contribution in [2.45, 2.75) is 70.3 Å². The molecule has 2 N–H and O–H groups in total. The van der Waals surface area contributed by atoms with Crippen LogP contribution in [0.1, 0.15) is 74.6 Å². The summed E-state index contributed by atoms with van der Waals surface area (Å²) in [7, 11) is 0. The second-order valence-electron chi connectivity index (χ2n) is 10.0. The average Bonchev–Trinajstić information content (AvgIpc) is 3.17. The molecule has 1 atom stereocenters. The van der Waals surface area contributed by atoms with E-state index >= 15 is 0 Å². The normalized spacial score (nSPS) is 19.7. The summed E-state index contributed by atoms with van der Waals surface area (Å²) in [4.78, 5) is 53.2. The fourth-order valence-electron chi connectivity index (χ4n) is 5.68. The van der Waals surface area contributed by atoms with E-state index in [1.54, 1.807) is 11.0 Å². The van der Waals surface area contributed by atoms with E-state index in [0.29, 0.717) is 24.3 Å². The predicted molar refractivity (Wildman–Crippen MR) is 139 cm³/mol. The molecule has 8 nitrogen and oxygen atoms in total. The van der Waals surface area contributed by atoms with Gasteiger partial charge in [0.1, 0.15) is 6.04 Å². The van der Waals surface area contributed by atoms with Gasteiger partial charge in [0.25, 0.3) is 5.91 Å². The highest BCUT2D eigenvalue weighted by atomic mass is 16.2. The molecule has 2 aromatic rings. The number of likely N-dealkylation sites (tertiary alicyclic amines) is 1. The number of anilines is 2. The molecule has 3 aliphatic rings. The Morgan fingerprint density at radius 1 is 0.972 bits per heavy atom. The molecular formula is C28H34N4O4. The molecule has 5 rings (SSSR count). The van der Waals surface area contributed by atoms with E-state index in [9.17, 15) is 19.2 Å². The highest BCUT2D eigenvalue weighted by Crippen LogP contribution is 2.42. The lowest BCUT2D eigenvalue weighted by atomic mass is 10.0. The van der Waals surface area contributed by atoms with Gasteiger partial charge in [-0.05, 0) is 56.7 Å². The third kappa shape index (κ3) is 4.81. The minimum absolute atomic E-state index is 0.193. The maximum Gasteiger partial charge on any atom is 0.259 e. The van der Waals surface area contributed by atoms with Gasteiger partial charge in [-0.25, -0.2) is 0 Å². The van der Waals surface area contributed by atoms with Crippen molar-refractivity contribution in [3.05, 3.63) is 35.9 Å². The topological polar surface area (TPSA) is 98.8 Å². The van der Waals surface area contributed by atoms with Crippen LogP contribution in [0.3, 0.4) is 0 Å². The third-order valence-electron chi connectivity index (χ3n) is 7.59. The number of piperidine rings is 2. The minimum Gasteiger partial charge on any atom is -0.385 e. The van der Waals surface area contributed by atoms with Gasteiger partial charge >= 0.3 is 0 Å². The minimum atomic E-state index is -0.675. The van der Waals surface area contributed by atoms with E-state index in [0.717, 1.165) is 80.3 Å². The van der Waals surface area contributed by atoms with Gasteiger partial charge in [0.2, 0.25) is 17.7 Å². The molecule has 2 fully saturated rings. The summed E-state index contributed by atoms with van der Waals surface area (Å²) in [6, 6.07) is 8.86. The second-order valence-corrected chi connectivity index (χ2v) is 10.0. The Morgan fingerprint density at radius 2 is 1.78 bits per heavy atom. The van der Waals surface area contributed by atoms with E-state index in [1.165, 1.54) is 6.42 Å². The number of rotatable bonds is 9. The van der Waals surface area contributed by atoms with Crippen molar-refractivity contribution >= 4 is 45.8 Å². The molecule has 0 aromatic heterocycles. The van der Waals surface area contributed by atoms with Gasteiger partial charge < -0.3 is 10.2 Å². The van der Waals surface area contributed by atoms with Crippen molar-refractivity contribution in [2.75, 3.05) is 29.9 Å². The van der Waals surface area contributed by atoms with Crippen LogP contribution >= 0.6 is 0 Å². The molecule has 2 aromatic carbocycles. The Bertz CT molecular complexity index is 1190. The van der Waals surface area contributed by atoms with Crippen LogP contribution in [-0.2, 0) is 14.4 Å². The Kier molecular flexibility index (Phi) is 7.20. The van der Waals surface area contributed by atoms with Gasteiger partial charge in [0, 0.05) is 54.5 Å². The van der Waals surface area contributed by atoms with Gasteiger partial charge in [-0.1, -0.05) is 25.0 Å². The monoisotopic (exact) mass is 490 g/mol. The first-order valence-corrected chi connectivity index (χ1v) is 13.3. The number of nitrogens with one attached hydrogen (secondary N) is 2. The van der Waals surface area contributed by atoms with E-state index in [-0.39, 0.29) is 18.2 Å². The fourth-order valence-corrected chi connectivity index (χ4v) is 5.68. The maximum atomic E-state index is 13.2. The molecule has 0 radical (unpaired) electrons. The molecule has 0 bridgehead atoms. The summed E-state index contributed by atoms with van der Waals surface area (Å²) in [5, 5.41) is 7.69. The van der Waals surface area contributed by atoms with Crippen LogP contribution in [0.2, 0.25) is 0 Å². The van der Waals surface area contributed by atoms with E-state index < -0.39 is 11.9 Å². The highest BCUT2D eigenvalue weighted by molar-refractivity contribution is 6.28. The molecule has 0 saturated carbocycles. The van der Waals surface area contributed by atoms with Crippen LogP contribution in [0.5, 0.6) is 0 Å². The molecule has 0 aliphatic carbocycles. The summed E-state index contributed by atoms with van der Waals surface area (Å²) in [5.41, 5.74) is 2.28. The highest BCUT2D eigenvalue weighted by Gasteiger charge is 2.40. The van der Waals surface area contributed by atoms with Crippen molar-refractivity contribution in [1.29, 1.82) is 0 Å². The first-order valence-electron chi connectivity index (χ1n) is 13.3. The molecule has 36 heavy (non-hydrogen) atoms. The summed E-state index contributed by atoms with van der Waals surface area (Å²) >= 11 is 0. The number of hydrogen-bond donors (Lipinski definition) is 2. The van der Waals surface area contributed by atoms with E-state index in [2.05, 4.69) is 10.6 Å². The first-order chi connectivity index (χ1) is 17.5. The molecule has 190 valence electrons. The first kappa shape index (κ1) is 24.3. The smallest absolute Gasteiger partial charge is 0.259 e. The number of hydrogen-bond acceptors (Lipinski definition) is 5. The molecular weight excluding hydrogens is 456 g/mol. The van der Waals surface area contributed by atoms with Crippen molar-refractivity contribution in [2.24, 2.45) is 0 Å². The molecule has 2 saturated heterocycles. The lowest BCUT2D eigenvalue weighted by molar-refractivity contribution is -0.134. The van der Waals surface area contributed by atoms with Gasteiger partial charge in [0.05, 0.1) is 5.69 Å². The Morgan fingerprint density at radius 3 is 2.58 bits per heavy atom. The fraction of sp³-hybridized carbons (Fsp3) is 0.500. The van der Waals surface area contributed by atoms with Crippen LogP contribution in [0, 0.1) is 0 Å². The maximum absolute atomic E-state index is 13.2. The molecule has 1 unspecified atom stereocenters. The number of unbranched alkanes of at least 4 members (excludes halogenated alkanes) is 3. The number of amides is 4. The van der Waals surface area contributed by atoms with Crippen molar-refractivity contribution in [3.63, 3.8) is 0 Å². The summed E-state index contributed by atoms with van der Waals surface area (Å²) in [6.45, 7) is 2.66. The summed E-state index contributed by atoms with van der Waals surface area (Å²) in [5.74, 6) is -0.595. The number of benzene rings is 2. The molecule has 3 aliphatic heterocycles. The molecule has 8 heteroatoms. The van der Waals surface area contributed by atoms with Crippen LogP contribution in [0.25, 0.3) is 10.8 Å². The molecule has 3 heterocycles. The van der Waals surface area contributed by atoms with Gasteiger partial charge in [-0.3, -0.25) is 29.4 Å². The second kappa shape index (κ2) is 10.7.